The number of hydrogen-bond donors (Lipinski definition) is 1. The predicted molar refractivity (Wildman–Crippen MR) is 62.0 cm³/mol. The van der Waals surface area contributed by atoms with Crippen LogP contribution in [-0.2, 0) is 0 Å². The monoisotopic (exact) mass is 193 g/mol. The number of rotatable bonds is 3. The highest BCUT2D eigenvalue weighted by Crippen LogP contribution is 2.28. The highest BCUT2D eigenvalue weighted by molar-refractivity contribution is 4.91. The van der Waals surface area contributed by atoms with Gasteiger partial charge in [0.2, 0.25) is 0 Å². The van der Waals surface area contributed by atoms with Crippen molar-refractivity contribution in [2.45, 2.75) is 58.5 Å². The van der Waals surface area contributed by atoms with Crippen molar-refractivity contribution >= 4 is 0 Å². The van der Waals surface area contributed by atoms with Gasteiger partial charge in [-0.05, 0) is 31.6 Å². The van der Waals surface area contributed by atoms with E-state index in [-0.39, 0.29) is 0 Å². The van der Waals surface area contributed by atoms with Gasteiger partial charge >= 0.3 is 0 Å². The van der Waals surface area contributed by atoms with Crippen molar-refractivity contribution in [3.05, 3.63) is 0 Å². The highest BCUT2D eigenvalue weighted by Gasteiger charge is 2.25. The summed E-state index contributed by atoms with van der Waals surface area (Å²) >= 11 is 0. The molecule has 14 heavy (non-hydrogen) atoms. The third-order valence-electron chi connectivity index (χ3n) is 3.38. The van der Waals surface area contributed by atoms with E-state index in [1.807, 2.05) is 0 Å². The smallest absolute Gasteiger partial charge is 0.0238 e. The van der Waals surface area contributed by atoms with Crippen molar-refractivity contribution in [2.75, 3.05) is 0 Å². The fraction of sp³-hybridized carbons (Fsp3) is 0.846. The van der Waals surface area contributed by atoms with E-state index < -0.39 is 0 Å². The molecule has 0 spiro atoms. The third-order valence-corrected chi connectivity index (χ3v) is 3.38. The zero-order valence-electron chi connectivity index (χ0n) is 9.72. The summed E-state index contributed by atoms with van der Waals surface area (Å²) in [5, 5.41) is 3.66. The minimum atomic E-state index is 0.470. The van der Waals surface area contributed by atoms with Gasteiger partial charge in [-0.1, -0.05) is 20.3 Å². The van der Waals surface area contributed by atoms with Gasteiger partial charge in [0, 0.05) is 18.5 Å². The van der Waals surface area contributed by atoms with E-state index in [9.17, 15) is 0 Å². The van der Waals surface area contributed by atoms with Crippen LogP contribution < -0.4 is 5.32 Å². The van der Waals surface area contributed by atoms with Gasteiger partial charge < -0.3 is 5.32 Å². The van der Waals surface area contributed by atoms with E-state index >= 15 is 0 Å². The Hall–Kier alpha value is -0.480. The van der Waals surface area contributed by atoms with Crippen LogP contribution in [0, 0.1) is 24.2 Å². The van der Waals surface area contributed by atoms with Gasteiger partial charge in [-0.15, -0.1) is 12.3 Å². The maximum atomic E-state index is 5.31. The molecule has 1 nitrogen and oxygen atoms in total. The van der Waals surface area contributed by atoms with E-state index in [0.717, 1.165) is 18.3 Å². The van der Waals surface area contributed by atoms with Crippen LogP contribution in [0.3, 0.4) is 0 Å². The van der Waals surface area contributed by atoms with Crippen LogP contribution in [0.25, 0.3) is 0 Å². The normalized spacial score (nSPS) is 34.9. The first-order chi connectivity index (χ1) is 6.63. The average molecular weight is 193 g/mol. The van der Waals surface area contributed by atoms with Crippen LogP contribution in [0.1, 0.15) is 46.5 Å². The molecule has 0 aliphatic heterocycles. The molecule has 0 radical (unpaired) electrons. The van der Waals surface area contributed by atoms with Crippen LogP contribution in [0.15, 0.2) is 0 Å². The molecule has 1 rings (SSSR count). The lowest BCUT2D eigenvalue weighted by molar-refractivity contribution is 0.216. The van der Waals surface area contributed by atoms with Gasteiger partial charge in [-0.2, -0.15) is 0 Å². The highest BCUT2D eigenvalue weighted by atomic mass is 14.9. The Morgan fingerprint density at radius 3 is 2.79 bits per heavy atom. The molecule has 0 aromatic carbocycles. The summed E-state index contributed by atoms with van der Waals surface area (Å²) in [7, 11) is 0. The van der Waals surface area contributed by atoms with Gasteiger partial charge in [0.05, 0.1) is 0 Å². The van der Waals surface area contributed by atoms with Gasteiger partial charge in [0.15, 0.2) is 0 Å². The molecule has 0 amide bonds. The zero-order valence-corrected chi connectivity index (χ0v) is 9.72. The summed E-state index contributed by atoms with van der Waals surface area (Å²) in [4.78, 5) is 0. The van der Waals surface area contributed by atoms with Crippen LogP contribution in [0.5, 0.6) is 0 Å². The molecular weight excluding hydrogens is 170 g/mol. The van der Waals surface area contributed by atoms with Gasteiger partial charge in [0.25, 0.3) is 0 Å². The minimum Gasteiger partial charge on any atom is -0.310 e. The summed E-state index contributed by atoms with van der Waals surface area (Å²) in [6.45, 7) is 6.89. The van der Waals surface area contributed by atoms with Crippen molar-refractivity contribution in [2.24, 2.45) is 11.8 Å². The van der Waals surface area contributed by atoms with Crippen molar-refractivity contribution in [1.82, 2.24) is 5.32 Å². The minimum absolute atomic E-state index is 0.470. The molecule has 0 bridgehead atoms. The SMILES string of the molecule is C#CCC(C)NC1CC(C)CCC1C. The van der Waals surface area contributed by atoms with E-state index in [1.54, 1.807) is 0 Å². The van der Waals surface area contributed by atoms with Crippen molar-refractivity contribution in [3.8, 4) is 12.3 Å². The molecule has 1 saturated carbocycles. The topological polar surface area (TPSA) is 12.0 Å². The molecule has 4 unspecified atom stereocenters. The molecule has 1 heteroatoms. The molecule has 1 aliphatic carbocycles. The van der Waals surface area contributed by atoms with Crippen molar-refractivity contribution in [3.63, 3.8) is 0 Å². The fourth-order valence-corrected chi connectivity index (χ4v) is 2.37. The van der Waals surface area contributed by atoms with Crippen molar-refractivity contribution < 1.29 is 0 Å². The van der Waals surface area contributed by atoms with Gasteiger partial charge in [0.1, 0.15) is 0 Å². The van der Waals surface area contributed by atoms with E-state index in [0.29, 0.717) is 12.1 Å². The maximum Gasteiger partial charge on any atom is 0.0238 e. The first kappa shape index (κ1) is 11.6. The number of nitrogens with one attached hydrogen (secondary N) is 1. The zero-order chi connectivity index (χ0) is 10.6. The molecule has 1 aliphatic rings. The van der Waals surface area contributed by atoms with Gasteiger partial charge in [-0.25, -0.2) is 0 Å². The molecule has 0 aromatic rings. The third kappa shape index (κ3) is 3.35. The Balaban J connectivity index is 2.38. The second-order valence-corrected chi connectivity index (χ2v) is 4.98. The first-order valence-electron chi connectivity index (χ1n) is 5.83. The van der Waals surface area contributed by atoms with E-state index in [4.69, 9.17) is 6.42 Å². The van der Waals surface area contributed by atoms with Gasteiger partial charge in [-0.3, -0.25) is 0 Å². The molecule has 0 saturated heterocycles. The van der Waals surface area contributed by atoms with Crippen molar-refractivity contribution in [1.29, 1.82) is 0 Å². The number of hydrogen-bond acceptors (Lipinski definition) is 1. The molecule has 0 aromatic heterocycles. The predicted octanol–water partition coefficient (Wildman–Crippen LogP) is 2.81. The lowest BCUT2D eigenvalue weighted by Gasteiger charge is -2.35. The van der Waals surface area contributed by atoms with E-state index in [1.165, 1.54) is 19.3 Å². The summed E-state index contributed by atoms with van der Waals surface area (Å²) in [6.07, 6.45) is 10.2. The quantitative estimate of drug-likeness (QED) is 0.680. The molecular formula is C13H23N. The lowest BCUT2D eigenvalue weighted by atomic mass is 9.80. The molecule has 80 valence electrons. The Bertz CT molecular complexity index is 204. The maximum absolute atomic E-state index is 5.31. The summed E-state index contributed by atoms with van der Waals surface area (Å²) in [5.41, 5.74) is 0. The first-order valence-corrected chi connectivity index (χ1v) is 5.83. The Morgan fingerprint density at radius 1 is 1.43 bits per heavy atom. The lowest BCUT2D eigenvalue weighted by Crippen LogP contribution is -2.43. The van der Waals surface area contributed by atoms with Crippen LogP contribution in [0.2, 0.25) is 0 Å². The molecule has 1 N–H and O–H groups in total. The molecule has 0 heterocycles. The second kappa shape index (κ2) is 5.41. The Kier molecular flexibility index (Phi) is 4.48. The fourth-order valence-electron chi connectivity index (χ4n) is 2.37. The summed E-state index contributed by atoms with van der Waals surface area (Å²) in [6, 6.07) is 1.15. The Labute approximate surface area is 88.7 Å². The Morgan fingerprint density at radius 2 is 2.14 bits per heavy atom. The largest absolute Gasteiger partial charge is 0.310 e. The molecule has 1 fully saturated rings. The van der Waals surface area contributed by atoms with Crippen LogP contribution in [-0.4, -0.2) is 12.1 Å². The summed E-state index contributed by atoms with van der Waals surface area (Å²) < 4.78 is 0. The molecule has 4 atom stereocenters. The number of terminal acetylenes is 1. The standard InChI is InChI=1S/C13H23N/c1-5-6-12(4)14-13-9-10(2)7-8-11(13)3/h1,10-14H,6-9H2,2-4H3. The second-order valence-electron chi connectivity index (χ2n) is 4.98. The average Bonchev–Trinajstić information content (AvgIpc) is 2.12. The van der Waals surface area contributed by atoms with E-state index in [2.05, 4.69) is 32.0 Å². The van der Waals surface area contributed by atoms with Crippen LogP contribution in [0.4, 0.5) is 0 Å². The summed E-state index contributed by atoms with van der Waals surface area (Å²) in [5.74, 6) is 4.41. The van der Waals surface area contributed by atoms with Crippen LogP contribution >= 0.6 is 0 Å².